The lowest BCUT2D eigenvalue weighted by molar-refractivity contribution is -0.115. The average molecular weight is 239 g/mol. The van der Waals surface area contributed by atoms with Gasteiger partial charge in [-0.2, -0.15) is 0 Å². The van der Waals surface area contributed by atoms with Crippen LogP contribution in [0.1, 0.15) is 13.3 Å². The molecule has 90 valence electrons. The lowest BCUT2D eigenvalue weighted by atomic mass is 10.1. The van der Waals surface area contributed by atoms with Crippen molar-refractivity contribution in [2.24, 2.45) is 0 Å². The van der Waals surface area contributed by atoms with Crippen molar-refractivity contribution in [2.45, 2.75) is 13.3 Å². The normalized spacial score (nSPS) is 10.9. The number of nitrogens with one attached hydrogen (secondary N) is 1. The van der Waals surface area contributed by atoms with Crippen LogP contribution in [0.25, 0.3) is 21.9 Å². The first-order valence-corrected chi connectivity index (χ1v) is 5.99. The van der Waals surface area contributed by atoms with Gasteiger partial charge in [0.25, 0.3) is 0 Å². The van der Waals surface area contributed by atoms with E-state index in [1.165, 1.54) is 0 Å². The van der Waals surface area contributed by atoms with Gasteiger partial charge in [0.05, 0.1) is 0 Å². The first-order valence-electron chi connectivity index (χ1n) is 5.99. The minimum atomic E-state index is 0.0159. The molecule has 0 radical (unpaired) electrons. The Balaban J connectivity index is 2.15. The van der Waals surface area contributed by atoms with Crippen LogP contribution >= 0.6 is 0 Å². The number of para-hydroxylation sites is 1. The molecule has 3 nitrogen and oxygen atoms in total. The van der Waals surface area contributed by atoms with E-state index >= 15 is 0 Å². The maximum Gasteiger partial charge on any atom is 0.224 e. The van der Waals surface area contributed by atoms with Crippen molar-refractivity contribution in [1.29, 1.82) is 0 Å². The maximum absolute atomic E-state index is 11.4. The van der Waals surface area contributed by atoms with E-state index < -0.39 is 0 Å². The fourth-order valence-corrected chi connectivity index (χ4v) is 2.05. The molecule has 2 aromatic carbocycles. The summed E-state index contributed by atoms with van der Waals surface area (Å²) in [6.45, 7) is 1.83. The van der Waals surface area contributed by atoms with Crippen LogP contribution in [0.3, 0.4) is 0 Å². The fourth-order valence-electron chi connectivity index (χ4n) is 2.05. The van der Waals surface area contributed by atoms with E-state index in [1.54, 1.807) is 0 Å². The topological polar surface area (TPSA) is 42.2 Å². The second kappa shape index (κ2) is 4.18. The molecule has 0 spiro atoms. The number of benzene rings is 2. The first kappa shape index (κ1) is 10.8. The van der Waals surface area contributed by atoms with E-state index in [1.807, 2.05) is 49.4 Å². The molecule has 0 aliphatic rings. The first-order chi connectivity index (χ1) is 8.78. The molecule has 0 saturated carbocycles. The maximum atomic E-state index is 11.4. The van der Waals surface area contributed by atoms with Gasteiger partial charge in [-0.25, -0.2) is 0 Å². The van der Waals surface area contributed by atoms with Gasteiger partial charge in [0.1, 0.15) is 11.2 Å². The third kappa shape index (κ3) is 1.74. The van der Waals surface area contributed by atoms with Crippen molar-refractivity contribution in [3.05, 3.63) is 42.5 Å². The number of fused-ring (bicyclic) bond motifs is 3. The molecule has 3 heteroatoms. The SMILES string of the molecule is CCC(=O)Nc1ccc2oc3ccccc3c2c1. The molecule has 0 saturated heterocycles. The molecule has 0 atom stereocenters. The van der Waals surface area contributed by atoms with Gasteiger partial charge in [-0.15, -0.1) is 0 Å². The van der Waals surface area contributed by atoms with Crippen LogP contribution in [0, 0.1) is 0 Å². The Hall–Kier alpha value is -2.29. The van der Waals surface area contributed by atoms with Crippen molar-refractivity contribution in [3.8, 4) is 0 Å². The molecule has 0 unspecified atom stereocenters. The molecular weight excluding hydrogens is 226 g/mol. The molecule has 1 aromatic heterocycles. The van der Waals surface area contributed by atoms with Crippen molar-refractivity contribution in [3.63, 3.8) is 0 Å². The van der Waals surface area contributed by atoms with Crippen LogP contribution in [0.5, 0.6) is 0 Å². The van der Waals surface area contributed by atoms with Crippen LogP contribution in [-0.2, 0) is 4.79 Å². The lowest BCUT2D eigenvalue weighted by Crippen LogP contribution is -2.08. The van der Waals surface area contributed by atoms with E-state index in [0.717, 1.165) is 27.6 Å². The zero-order chi connectivity index (χ0) is 12.5. The molecule has 3 aromatic rings. The summed E-state index contributed by atoms with van der Waals surface area (Å²) in [4.78, 5) is 11.4. The number of furan rings is 1. The zero-order valence-electron chi connectivity index (χ0n) is 10.1. The Labute approximate surface area is 104 Å². The number of hydrogen-bond acceptors (Lipinski definition) is 2. The third-order valence-corrected chi connectivity index (χ3v) is 2.98. The van der Waals surface area contributed by atoms with Crippen LogP contribution in [-0.4, -0.2) is 5.91 Å². The molecule has 0 aliphatic heterocycles. The molecule has 18 heavy (non-hydrogen) atoms. The third-order valence-electron chi connectivity index (χ3n) is 2.98. The average Bonchev–Trinajstić information content (AvgIpc) is 2.77. The Kier molecular flexibility index (Phi) is 2.52. The summed E-state index contributed by atoms with van der Waals surface area (Å²) in [5, 5.41) is 4.95. The van der Waals surface area contributed by atoms with Gasteiger partial charge in [-0.05, 0) is 24.3 Å². The minimum absolute atomic E-state index is 0.0159. The smallest absolute Gasteiger partial charge is 0.224 e. The Morgan fingerprint density at radius 2 is 1.89 bits per heavy atom. The summed E-state index contributed by atoms with van der Waals surface area (Å²) < 4.78 is 5.73. The van der Waals surface area contributed by atoms with E-state index in [2.05, 4.69) is 5.32 Å². The largest absolute Gasteiger partial charge is 0.456 e. The van der Waals surface area contributed by atoms with E-state index in [9.17, 15) is 4.79 Å². The quantitative estimate of drug-likeness (QED) is 0.736. The van der Waals surface area contributed by atoms with Gasteiger partial charge < -0.3 is 9.73 Å². The monoisotopic (exact) mass is 239 g/mol. The van der Waals surface area contributed by atoms with Gasteiger partial charge in [0.2, 0.25) is 5.91 Å². The summed E-state index contributed by atoms with van der Waals surface area (Å²) >= 11 is 0. The number of carbonyl (C=O) groups is 1. The van der Waals surface area contributed by atoms with Crippen molar-refractivity contribution in [2.75, 3.05) is 5.32 Å². The van der Waals surface area contributed by atoms with Crippen molar-refractivity contribution in [1.82, 2.24) is 0 Å². The molecule has 0 aliphatic carbocycles. The lowest BCUT2D eigenvalue weighted by Gasteiger charge is -2.02. The van der Waals surface area contributed by atoms with Crippen LogP contribution in [0.4, 0.5) is 5.69 Å². The number of carbonyl (C=O) groups excluding carboxylic acids is 1. The predicted octanol–water partition coefficient (Wildman–Crippen LogP) is 3.93. The van der Waals surface area contributed by atoms with Crippen molar-refractivity contribution >= 4 is 33.5 Å². The summed E-state index contributed by atoms with van der Waals surface area (Å²) in [7, 11) is 0. The summed E-state index contributed by atoms with van der Waals surface area (Å²) in [6, 6.07) is 13.6. The zero-order valence-corrected chi connectivity index (χ0v) is 10.1. The highest BCUT2D eigenvalue weighted by Gasteiger charge is 2.07. The molecule has 1 N–H and O–H groups in total. The highest BCUT2D eigenvalue weighted by atomic mass is 16.3. The summed E-state index contributed by atoms with van der Waals surface area (Å²) in [6.07, 6.45) is 0.476. The van der Waals surface area contributed by atoms with Gasteiger partial charge in [0, 0.05) is 22.9 Å². The Bertz CT molecular complexity index is 728. The predicted molar refractivity (Wildman–Crippen MR) is 72.6 cm³/mol. The Morgan fingerprint density at radius 3 is 2.72 bits per heavy atom. The van der Waals surface area contributed by atoms with E-state index in [4.69, 9.17) is 4.42 Å². The van der Waals surface area contributed by atoms with E-state index in [-0.39, 0.29) is 5.91 Å². The highest BCUT2D eigenvalue weighted by Crippen LogP contribution is 2.30. The molecule has 0 bridgehead atoms. The van der Waals surface area contributed by atoms with Crippen LogP contribution in [0.15, 0.2) is 46.9 Å². The van der Waals surface area contributed by atoms with Crippen LogP contribution < -0.4 is 5.32 Å². The summed E-state index contributed by atoms with van der Waals surface area (Å²) in [5.74, 6) is 0.0159. The molecular formula is C15H13NO2. The molecule has 0 fully saturated rings. The van der Waals surface area contributed by atoms with Gasteiger partial charge in [-0.3, -0.25) is 4.79 Å². The second-order valence-corrected chi connectivity index (χ2v) is 4.21. The van der Waals surface area contributed by atoms with Gasteiger partial charge in [0.15, 0.2) is 0 Å². The van der Waals surface area contributed by atoms with Crippen LogP contribution in [0.2, 0.25) is 0 Å². The molecule has 1 heterocycles. The summed E-state index contributed by atoms with van der Waals surface area (Å²) in [5.41, 5.74) is 2.51. The number of hydrogen-bond donors (Lipinski definition) is 1. The molecule has 1 amide bonds. The van der Waals surface area contributed by atoms with Crippen molar-refractivity contribution < 1.29 is 9.21 Å². The van der Waals surface area contributed by atoms with Gasteiger partial charge >= 0.3 is 0 Å². The fraction of sp³-hybridized carbons (Fsp3) is 0.133. The molecule has 3 rings (SSSR count). The number of anilines is 1. The second-order valence-electron chi connectivity index (χ2n) is 4.21. The number of rotatable bonds is 2. The Morgan fingerprint density at radius 1 is 1.11 bits per heavy atom. The number of amides is 1. The standard InChI is InChI=1S/C15H13NO2/c1-2-15(17)16-10-7-8-14-12(9-10)11-5-3-4-6-13(11)18-14/h3-9H,2H2,1H3,(H,16,17). The van der Waals surface area contributed by atoms with Gasteiger partial charge in [-0.1, -0.05) is 25.1 Å². The highest BCUT2D eigenvalue weighted by molar-refractivity contribution is 6.06. The van der Waals surface area contributed by atoms with E-state index in [0.29, 0.717) is 6.42 Å². The minimum Gasteiger partial charge on any atom is -0.456 e.